The van der Waals surface area contributed by atoms with Crippen LogP contribution in [0.1, 0.15) is 50.7 Å². The van der Waals surface area contributed by atoms with Crippen molar-refractivity contribution in [3.8, 4) is 0 Å². The van der Waals surface area contributed by atoms with E-state index in [9.17, 15) is 14.4 Å². The van der Waals surface area contributed by atoms with Gasteiger partial charge < -0.3 is 15.0 Å². The van der Waals surface area contributed by atoms with Crippen LogP contribution in [0.5, 0.6) is 0 Å². The molecule has 0 spiro atoms. The Hall–Kier alpha value is -2.63. The van der Waals surface area contributed by atoms with Crippen molar-refractivity contribution < 1.29 is 19.1 Å². The van der Waals surface area contributed by atoms with Crippen molar-refractivity contribution in [2.45, 2.75) is 46.5 Å². The van der Waals surface area contributed by atoms with Gasteiger partial charge in [-0.15, -0.1) is 0 Å². The summed E-state index contributed by atoms with van der Waals surface area (Å²) in [5.74, 6) is -1.21. The Morgan fingerprint density at radius 3 is 2.63 bits per heavy atom. The van der Waals surface area contributed by atoms with Crippen LogP contribution < -0.4 is 5.32 Å². The first kappa shape index (κ1) is 20.7. The average Bonchev–Trinajstić information content (AvgIpc) is 2.63. The zero-order valence-corrected chi connectivity index (χ0v) is 16.5. The minimum atomic E-state index is -0.437. The van der Waals surface area contributed by atoms with Crippen LogP contribution in [0.15, 0.2) is 35.5 Å². The second-order valence-electron chi connectivity index (χ2n) is 6.72. The lowest BCUT2D eigenvalue weighted by Gasteiger charge is -2.34. The second kappa shape index (κ2) is 9.35. The molecule has 0 bridgehead atoms. The van der Waals surface area contributed by atoms with E-state index in [1.165, 1.54) is 4.90 Å². The minimum absolute atomic E-state index is 0.0892. The molecule has 0 aliphatic carbocycles. The largest absolute Gasteiger partial charge is 0.463 e. The van der Waals surface area contributed by atoms with Gasteiger partial charge in [-0.3, -0.25) is 9.59 Å². The monoisotopic (exact) mass is 372 g/mol. The van der Waals surface area contributed by atoms with E-state index in [4.69, 9.17) is 4.74 Å². The Morgan fingerprint density at radius 2 is 2.00 bits per heavy atom. The summed E-state index contributed by atoms with van der Waals surface area (Å²) >= 11 is 0. The van der Waals surface area contributed by atoms with Crippen molar-refractivity contribution in [2.75, 3.05) is 19.7 Å². The number of ether oxygens (including phenoxy) is 1. The predicted molar refractivity (Wildman–Crippen MR) is 103 cm³/mol. The Kier molecular flexibility index (Phi) is 7.16. The number of hydrogen-bond donors (Lipinski definition) is 1. The van der Waals surface area contributed by atoms with Crippen molar-refractivity contribution in [1.29, 1.82) is 0 Å². The van der Waals surface area contributed by atoms with Crippen LogP contribution in [-0.4, -0.2) is 42.4 Å². The smallest absolute Gasteiger partial charge is 0.336 e. The van der Waals surface area contributed by atoms with Crippen molar-refractivity contribution in [2.24, 2.45) is 0 Å². The first-order valence-corrected chi connectivity index (χ1v) is 9.40. The minimum Gasteiger partial charge on any atom is -0.463 e. The molecule has 0 aromatic heterocycles. The van der Waals surface area contributed by atoms with Crippen LogP contribution in [0.4, 0.5) is 0 Å². The van der Waals surface area contributed by atoms with E-state index in [-0.39, 0.29) is 37.3 Å². The standard InChI is InChI=1S/C21H28N2O4/c1-5-10-22-18(24)13-23-15(4)20(21(26)27-6-2)17(12-19(23)25)16-9-7-8-14(3)11-16/h7-9,11,17H,5-6,10,12-13H2,1-4H3,(H,22,24)/t17-/m0/s1. The second-order valence-corrected chi connectivity index (χ2v) is 6.72. The molecule has 0 unspecified atom stereocenters. The fraction of sp³-hybridized carbons (Fsp3) is 0.476. The number of amides is 2. The molecule has 27 heavy (non-hydrogen) atoms. The van der Waals surface area contributed by atoms with Crippen molar-refractivity contribution in [3.63, 3.8) is 0 Å². The maximum Gasteiger partial charge on any atom is 0.336 e. The van der Waals surface area contributed by atoms with Gasteiger partial charge in [-0.2, -0.15) is 0 Å². The van der Waals surface area contributed by atoms with Gasteiger partial charge >= 0.3 is 5.97 Å². The number of rotatable bonds is 7. The van der Waals surface area contributed by atoms with E-state index >= 15 is 0 Å². The molecule has 2 amide bonds. The number of aryl methyl sites for hydroxylation is 1. The highest BCUT2D eigenvalue weighted by molar-refractivity contribution is 5.97. The summed E-state index contributed by atoms with van der Waals surface area (Å²) in [7, 11) is 0. The molecule has 6 nitrogen and oxygen atoms in total. The van der Waals surface area contributed by atoms with Crippen molar-refractivity contribution in [1.82, 2.24) is 10.2 Å². The highest BCUT2D eigenvalue weighted by Crippen LogP contribution is 2.37. The summed E-state index contributed by atoms with van der Waals surface area (Å²) < 4.78 is 5.25. The molecule has 0 saturated heterocycles. The maximum atomic E-state index is 12.8. The summed E-state index contributed by atoms with van der Waals surface area (Å²) in [6.45, 7) is 8.11. The van der Waals surface area contributed by atoms with Gasteiger partial charge in [-0.25, -0.2) is 4.79 Å². The molecule has 2 rings (SSSR count). The van der Waals surface area contributed by atoms with Gasteiger partial charge in [0, 0.05) is 24.6 Å². The van der Waals surface area contributed by atoms with E-state index < -0.39 is 5.97 Å². The molecule has 1 aliphatic heterocycles. The quantitative estimate of drug-likeness (QED) is 0.747. The maximum absolute atomic E-state index is 12.8. The number of carbonyl (C=O) groups excluding carboxylic acids is 3. The van der Waals surface area contributed by atoms with Crippen LogP contribution in [0.25, 0.3) is 0 Å². The fourth-order valence-electron chi connectivity index (χ4n) is 3.31. The normalized spacial score (nSPS) is 17.1. The molecule has 1 aromatic carbocycles. The Morgan fingerprint density at radius 1 is 1.26 bits per heavy atom. The van der Waals surface area contributed by atoms with Crippen molar-refractivity contribution >= 4 is 17.8 Å². The third-order valence-electron chi connectivity index (χ3n) is 4.64. The van der Waals surface area contributed by atoms with Gasteiger partial charge in [0.15, 0.2) is 0 Å². The fourth-order valence-corrected chi connectivity index (χ4v) is 3.31. The van der Waals surface area contributed by atoms with Gasteiger partial charge in [0.05, 0.1) is 12.2 Å². The molecular weight excluding hydrogens is 344 g/mol. The van der Waals surface area contributed by atoms with Crippen LogP contribution in [0, 0.1) is 6.92 Å². The molecule has 1 heterocycles. The number of carbonyl (C=O) groups is 3. The highest BCUT2D eigenvalue weighted by atomic mass is 16.5. The molecule has 0 fully saturated rings. The van der Waals surface area contributed by atoms with Crippen LogP contribution >= 0.6 is 0 Å². The van der Waals surface area contributed by atoms with Gasteiger partial charge in [0.1, 0.15) is 6.54 Å². The Balaban J connectivity index is 2.41. The highest BCUT2D eigenvalue weighted by Gasteiger charge is 2.37. The molecule has 1 aromatic rings. The number of nitrogens with zero attached hydrogens (tertiary/aromatic N) is 1. The average molecular weight is 372 g/mol. The van der Waals surface area contributed by atoms with Gasteiger partial charge in [-0.05, 0) is 32.8 Å². The zero-order valence-electron chi connectivity index (χ0n) is 16.5. The Labute approximate surface area is 160 Å². The molecule has 146 valence electrons. The number of esters is 1. The molecule has 1 aliphatic rings. The summed E-state index contributed by atoms with van der Waals surface area (Å²) in [5.41, 5.74) is 2.90. The van der Waals surface area contributed by atoms with Gasteiger partial charge in [-0.1, -0.05) is 36.8 Å². The SMILES string of the molecule is CCCNC(=O)CN1C(=O)C[C@@H](c2cccc(C)c2)C(C(=O)OCC)=C1C. The molecule has 6 heteroatoms. The lowest BCUT2D eigenvalue weighted by atomic mass is 9.83. The molecule has 0 radical (unpaired) electrons. The topological polar surface area (TPSA) is 75.7 Å². The van der Waals surface area contributed by atoms with Crippen LogP contribution in [0.3, 0.4) is 0 Å². The number of nitrogens with one attached hydrogen (secondary N) is 1. The van der Waals surface area contributed by atoms with E-state index in [0.717, 1.165) is 17.5 Å². The summed E-state index contributed by atoms with van der Waals surface area (Å²) in [6.07, 6.45) is 0.952. The van der Waals surface area contributed by atoms with Gasteiger partial charge in [0.25, 0.3) is 0 Å². The molecule has 1 atom stereocenters. The first-order valence-electron chi connectivity index (χ1n) is 9.40. The lowest BCUT2D eigenvalue weighted by Crippen LogP contribution is -2.44. The van der Waals surface area contributed by atoms with Crippen LogP contribution in [0.2, 0.25) is 0 Å². The van der Waals surface area contributed by atoms with E-state index in [1.54, 1.807) is 13.8 Å². The lowest BCUT2D eigenvalue weighted by molar-refractivity contribution is -0.141. The number of hydrogen-bond acceptors (Lipinski definition) is 4. The predicted octanol–water partition coefficient (Wildman–Crippen LogP) is 2.67. The zero-order chi connectivity index (χ0) is 20.0. The Bertz CT molecular complexity index is 754. The van der Waals surface area contributed by atoms with E-state index in [2.05, 4.69) is 5.32 Å². The molecule has 1 N–H and O–H groups in total. The third-order valence-corrected chi connectivity index (χ3v) is 4.64. The van der Waals surface area contributed by atoms with Gasteiger partial charge in [0.2, 0.25) is 11.8 Å². The summed E-state index contributed by atoms with van der Waals surface area (Å²) in [4.78, 5) is 38.9. The van der Waals surface area contributed by atoms with E-state index in [0.29, 0.717) is 17.8 Å². The number of allylic oxidation sites excluding steroid dienone is 1. The van der Waals surface area contributed by atoms with Crippen molar-refractivity contribution in [3.05, 3.63) is 46.7 Å². The first-order chi connectivity index (χ1) is 12.9. The molecular formula is C21H28N2O4. The third kappa shape index (κ3) is 4.96. The number of benzene rings is 1. The molecule has 0 saturated carbocycles. The summed E-state index contributed by atoms with van der Waals surface area (Å²) in [5, 5.41) is 2.77. The van der Waals surface area contributed by atoms with E-state index in [1.807, 2.05) is 38.1 Å². The summed E-state index contributed by atoms with van der Waals surface area (Å²) in [6, 6.07) is 7.78. The van der Waals surface area contributed by atoms with Crippen LogP contribution in [-0.2, 0) is 19.1 Å².